The highest BCUT2D eigenvalue weighted by atomic mass is 19.2. The van der Waals surface area contributed by atoms with Crippen LogP contribution in [0.25, 0.3) is 10.9 Å². The predicted molar refractivity (Wildman–Crippen MR) is 69.4 cm³/mol. The minimum atomic E-state index is -1.52. The zero-order chi connectivity index (χ0) is 15.9. The zero-order valence-corrected chi connectivity index (χ0v) is 10.8. The molecule has 0 fully saturated rings. The quantitative estimate of drug-likeness (QED) is 0.564. The lowest BCUT2D eigenvalue weighted by Crippen LogP contribution is -1.98. The molecule has 1 N–H and O–H groups in total. The van der Waals surface area contributed by atoms with Crippen LogP contribution < -0.4 is 4.74 Å². The summed E-state index contributed by atoms with van der Waals surface area (Å²) < 4.78 is 60.1. The van der Waals surface area contributed by atoms with Crippen LogP contribution in [-0.4, -0.2) is 4.98 Å². The molecule has 7 heteroatoms. The van der Waals surface area contributed by atoms with Crippen molar-refractivity contribution in [3.63, 3.8) is 0 Å². The third-order valence-electron chi connectivity index (χ3n) is 3.07. The first-order valence-corrected chi connectivity index (χ1v) is 6.04. The molecule has 0 saturated carbocycles. The molecule has 1 heterocycles. The van der Waals surface area contributed by atoms with Crippen molar-refractivity contribution in [1.29, 1.82) is 5.26 Å². The van der Waals surface area contributed by atoms with Crippen molar-refractivity contribution in [3.05, 3.63) is 59.3 Å². The fraction of sp³-hybridized carbons (Fsp3) is 0. The lowest BCUT2D eigenvalue weighted by molar-refractivity contribution is 0.391. The van der Waals surface area contributed by atoms with Crippen LogP contribution in [0.15, 0.2) is 30.5 Å². The minimum absolute atomic E-state index is 0.184. The van der Waals surface area contributed by atoms with Gasteiger partial charge in [-0.3, -0.25) is 0 Å². The molecular weight excluding hydrogens is 300 g/mol. The molecule has 0 amide bonds. The molecule has 110 valence electrons. The Kier molecular flexibility index (Phi) is 3.22. The number of nitrogens with zero attached hydrogens (tertiary/aromatic N) is 1. The normalized spacial score (nSPS) is 10.7. The molecule has 0 aliphatic heterocycles. The Morgan fingerprint density at radius 1 is 1.00 bits per heavy atom. The number of halogens is 4. The molecule has 3 nitrogen and oxygen atoms in total. The van der Waals surface area contributed by atoms with E-state index >= 15 is 0 Å². The summed E-state index contributed by atoms with van der Waals surface area (Å²) in [7, 11) is 0. The number of H-pyrrole nitrogens is 1. The maximum absolute atomic E-state index is 14.2. The molecule has 0 spiro atoms. The van der Waals surface area contributed by atoms with Crippen molar-refractivity contribution in [2.75, 3.05) is 0 Å². The van der Waals surface area contributed by atoms with E-state index in [0.29, 0.717) is 0 Å². The number of nitriles is 1. The van der Waals surface area contributed by atoms with Crippen LogP contribution in [0.1, 0.15) is 5.56 Å². The first-order valence-electron chi connectivity index (χ1n) is 6.04. The third-order valence-corrected chi connectivity index (χ3v) is 3.07. The van der Waals surface area contributed by atoms with Gasteiger partial charge >= 0.3 is 0 Å². The van der Waals surface area contributed by atoms with Gasteiger partial charge in [0, 0.05) is 17.6 Å². The first-order chi connectivity index (χ1) is 10.5. The number of hydrogen-bond acceptors (Lipinski definition) is 2. The number of nitrogens with one attached hydrogen (secondary N) is 1. The zero-order valence-electron chi connectivity index (χ0n) is 10.8. The molecule has 3 rings (SSSR count). The molecule has 0 unspecified atom stereocenters. The number of fused-ring (bicyclic) bond motifs is 1. The van der Waals surface area contributed by atoms with Gasteiger partial charge in [-0.2, -0.15) is 9.65 Å². The number of aromatic amines is 1. The van der Waals surface area contributed by atoms with Gasteiger partial charge in [-0.1, -0.05) is 0 Å². The van der Waals surface area contributed by atoms with Crippen molar-refractivity contribution >= 4 is 10.9 Å². The molecule has 0 aliphatic carbocycles. The molecule has 0 radical (unpaired) electrons. The van der Waals surface area contributed by atoms with Crippen molar-refractivity contribution in [3.8, 4) is 17.6 Å². The van der Waals surface area contributed by atoms with Crippen LogP contribution in [0.3, 0.4) is 0 Å². The van der Waals surface area contributed by atoms with E-state index in [-0.39, 0.29) is 22.2 Å². The van der Waals surface area contributed by atoms with Crippen molar-refractivity contribution in [2.45, 2.75) is 0 Å². The summed E-state index contributed by atoms with van der Waals surface area (Å²) in [6, 6.07) is 5.75. The van der Waals surface area contributed by atoms with Gasteiger partial charge in [0.15, 0.2) is 11.6 Å². The molecule has 3 aromatic rings. The van der Waals surface area contributed by atoms with Crippen LogP contribution in [-0.2, 0) is 0 Å². The van der Waals surface area contributed by atoms with E-state index in [1.807, 2.05) is 0 Å². The molecular formula is C15H6F4N2O. The van der Waals surface area contributed by atoms with E-state index < -0.39 is 29.0 Å². The summed E-state index contributed by atoms with van der Waals surface area (Å²) in [5.74, 6) is -5.86. The summed E-state index contributed by atoms with van der Waals surface area (Å²) in [6.45, 7) is 0. The molecule has 0 aliphatic rings. The first kappa shape index (κ1) is 13.9. The smallest absolute Gasteiger partial charge is 0.206 e. The average Bonchev–Trinajstić information content (AvgIpc) is 3.01. The van der Waals surface area contributed by atoms with Gasteiger partial charge in [0.05, 0.1) is 11.1 Å². The van der Waals surface area contributed by atoms with Gasteiger partial charge in [-0.25, -0.2) is 13.2 Å². The predicted octanol–water partition coefficient (Wildman–Crippen LogP) is 4.39. The van der Waals surface area contributed by atoms with E-state index in [2.05, 4.69) is 4.98 Å². The molecule has 0 atom stereocenters. The molecule has 2 aromatic carbocycles. The number of ether oxygens (including phenoxy) is 1. The summed E-state index contributed by atoms with van der Waals surface area (Å²) in [5.41, 5.74) is -0.680. The van der Waals surface area contributed by atoms with E-state index in [0.717, 1.165) is 18.2 Å². The summed E-state index contributed by atoms with van der Waals surface area (Å²) in [5, 5.41) is 8.53. The monoisotopic (exact) mass is 306 g/mol. The summed E-state index contributed by atoms with van der Waals surface area (Å²) in [6.07, 6.45) is 1.26. The largest absolute Gasteiger partial charge is 0.451 e. The summed E-state index contributed by atoms with van der Waals surface area (Å²) in [4.78, 5) is 2.38. The standard InChI is InChI=1S/C15H6F4N2O/c16-10-2-1-8(5-7(10)6-20)22-15-11(17)9-3-4-21-14(9)12(18)13(15)19/h1-5,21H. The highest BCUT2D eigenvalue weighted by molar-refractivity contribution is 5.82. The maximum Gasteiger partial charge on any atom is 0.206 e. The third kappa shape index (κ3) is 2.05. The van der Waals surface area contributed by atoms with Crippen LogP contribution in [0, 0.1) is 34.6 Å². The van der Waals surface area contributed by atoms with E-state index in [9.17, 15) is 17.6 Å². The maximum atomic E-state index is 14.2. The fourth-order valence-corrected chi connectivity index (χ4v) is 2.02. The Morgan fingerprint density at radius 2 is 1.77 bits per heavy atom. The van der Waals surface area contributed by atoms with E-state index in [4.69, 9.17) is 10.00 Å². The Balaban J connectivity index is 2.13. The summed E-state index contributed by atoms with van der Waals surface area (Å²) >= 11 is 0. The van der Waals surface area contributed by atoms with Gasteiger partial charge in [0.25, 0.3) is 0 Å². The van der Waals surface area contributed by atoms with Gasteiger partial charge in [0.2, 0.25) is 11.6 Å². The van der Waals surface area contributed by atoms with Crippen LogP contribution >= 0.6 is 0 Å². The highest BCUT2D eigenvalue weighted by Crippen LogP contribution is 2.35. The minimum Gasteiger partial charge on any atom is -0.451 e. The van der Waals surface area contributed by atoms with Gasteiger partial charge in [0.1, 0.15) is 17.6 Å². The lowest BCUT2D eigenvalue weighted by atomic mass is 10.2. The van der Waals surface area contributed by atoms with Gasteiger partial charge in [-0.15, -0.1) is 0 Å². The second kappa shape index (κ2) is 5.07. The highest BCUT2D eigenvalue weighted by Gasteiger charge is 2.23. The van der Waals surface area contributed by atoms with E-state index in [1.54, 1.807) is 6.07 Å². The number of rotatable bonds is 2. The van der Waals surface area contributed by atoms with Crippen molar-refractivity contribution in [2.24, 2.45) is 0 Å². The van der Waals surface area contributed by atoms with E-state index in [1.165, 1.54) is 12.3 Å². The molecule has 1 aromatic heterocycles. The van der Waals surface area contributed by atoms with Crippen LogP contribution in [0.4, 0.5) is 17.6 Å². The fourth-order valence-electron chi connectivity index (χ4n) is 2.02. The van der Waals surface area contributed by atoms with Gasteiger partial charge < -0.3 is 9.72 Å². The lowest BCUT2D eigenvalue weighted by Gasteiger charge is -2.10. The Bertz CT molecular complexity index is 927. The second-order valence-corrected chi connectivity index (χ2v) is 4.39. The second-order valence-electron chi connectivity index (χ2n) is 4.39. The topological polar surface area (TPSA) is 48.8 Å². The van der Waals surface area contributed by atoms with Crippen molar-refractivity contribution < 1.29 is 22.3 Å². The average molecular weight is 306 g/mol. The molecule has 0 saturated heterocycles. The van der Waals surface area contributed by atoms with Crippen LogP contribution in [0.5, 0.6) is 11.5 Å². The molecule has 0 bridgehead atoms. The SMILES string of the molecule is N#Cc1cc(Oc2c(F)c(F)c3[nH]ccc3c2F)ccc1F. The van der Waals surface area contributed by atoms with Crippen molar-refractivity contribution in [1.82, 2.24) is 4.98 Å². The van der Waals surface area contributed by atoms with Gasteiger partial charge in [-0.05, 0) is 18.2 Å². The van der Waals surface area contributed by atoms with Crippen LogP contribution in [0.2, 0.25) is 0 Å². The number of aromatic nitrogens is 1. The molecule has 22 heavy (non-hydrogen) atoms. The Hall–Kier alpha value is -3.01. The Morgan fingerprint density at radius 3 is 2.50 bits per heavy atom. The Labute approximate surface area is 121 Å². The number of hydrogen-bond donors (Lipinski definition) is 1. The number of benzene rings is 2.